The molecular formula is C9H11NO2+. The lowest BCUT2D eigenvalue weighted by atomic mass is 10.2. The van der Waals surface area contributed by atoms with Gasteiger partial charge in [-0.2, -0.15) is 4.84 Å². The second-order valence-corrected chi connectivity index (χ2v) is 2.40. The van der Waals surface area contributed by atoms with E-state index in [0.717, 1.165) is 5.56 Å². The van der Waals surface area contributed by atoms with Crippen LogP contribution < -0.4 is 5.48 Å². The predicted octanol–water partition coefficient (Wildman–Crippen LogP) is 1.25. The van der Waals surface area contributed by atoms with E-state index >= 15 is 0 Å². The topological polar surface area (TPSA) is 41.2 Å². The van der Waals surface area contributed by atoms with Crippen molar-refractivity contribution in [3.63, 3.8) is 0 Å². The largest absolute Gasteiger partial charge is 0.594 e. The van der Waals surface area contributed by atoms with Crippen LogP contribution in [-0.4, -0.2) is 5.97 Å². The molecule has 1 aromatic rings. The van der Waals surface area contributed by atoms with Crippen molar-refractivity contribution in [2.24, 2.45) is 0 Å². The molecule has 0 saturated heterocycles. The number of hydroxylamine groups is 1. The average molecular weight is 165 g/mol. The maximum atomic E-state index is 10.3. The number of nitrogens with one attached hydrogen (secondary N) is 1. The second-order valence-electron chi connectivity index (χ2n) is 2.40. The molecule has 3 nitrogen and oxygen atoms in total. The van der Waals surface area contributed by atoms with Crippen molar-refractivity contribution in [2.75, 3.05) is 0 Å². The highest BCUT2D eigenvalue weighted by molar-refractivity contribution is 5.65. The van der Waals surface area contributed by atoms with Crippen LogP contribution >= 0.6 is 0 Å². The van der Waals surface area contributed by atoms with Crippen molar-refractivity contribution >= 4 is 5.97 Å². The molecule has 0 fully saturated rings. The van der Waals surface area contributed by atoms with E-state index in [0.29, 0.717) is 6.54 Å². The predicted molar refractivity (Wildman–Crippen MR) is 45.0 cm³/mol. The summed E-state index contributed by atoms with van der Waals surface area (Å²) in [5.41, 5.74) is 3.63. The van der Waals surface area contributed by atoms with Gasteiger partial charge in [0.15, 0.2) is 0 Å². The maximum absolute atomic E-state index is 10.3. The molecule has 0 heterocycles. The highest BCUT2D eigenvalue weighted by atomic mass is 16.7. The van der Waals surface area contributed by atoms with Crippen LogP contribution in [0.3, 0.4) is 0 Å². The Morgan fingerprint density at radius 2 is 2.08 bits per heavy atom. The fourth-order valence-electron chi connectivity index (χ4n) is 0.817. The third kappa shape index (κ3) is 3.16. The third-order valence-electron chi connectivity index (χ3n) is 1.34. The van der Waals surface area contributed by atoms with Gasteiger partial charge in [0.2, 0.25) is 0 Å². The zero-order valence-corrected chi connectivity index (χ0v) is 6.91. The summed E-state index contributed by atoms with van der Waals surface area (Å²) in [6, 6.07) is 9.72. The van der Waals surface area contributed by atoms with Gasteiger partial charge in [0.1, 0.15) is 6.92 Å². The van der Waals surface area contributed by atoms with Crippen LogP contribution in [0, 0.1) is 0 Å². The quantitative estimate of drug-likeness (QED) is 0.541. The summed E-state index contributed by atoms with van der Waals surface area (Å²) in [6.45, 7) is 1.90. The monoisotopic (exact) mass is 165 g/mol. The third-order valence-corrected chi connectivity index (χ3v) is 1.34. The molecule has 0 amide bonds. The van der Waals surface area contributed by atoms with Crippen LogP contribution in [0.1, 0.15) is 12.5 Å². The standard InChI is InChI=1S/C9H11NO2/c1-8(11)12-10-7-9-5-3-2-4-6-9/h2-6,10H,7H2,1H3/q+1. The molecule has 3 heteroatoms. The van der Waals surface area contributed by atoms with Crippen LogP contribution in [-0.2, 0) is 16.2 Å². The van der Waals surface area contributed by atoms with Crippen molar-refractivity contribution in [3.05, 3.63) is 35.9 Å². The highest BCUT2D eigenvalue weighted by Crippen LogP contribution is 1.96. The van der Waals surface area contributed by atoms with E-state index in [9.17, 15) is 4.79 Å². The van der Waals surface area contributed by atoms with Crippen LogP contribution in [0.15, 0.2) is 30.3 Å². The molecule has 1 radical (unpaired) electrons. The number of benzene rings is 1. The molecule has 0 spiro atoms. The Morgan fingerprint density at radius 1 is 1.42 bits per heavy atom. The Labute approximate surface area is 71.3 Å². The molecule has 1 rings (SSSR count). The van der Waals surface area contributed by atoms with Gasteiger partial charge in [-0.05, 0) is 11.0 Å². The molecule has 1 aromatic carbocycles. The molecule has 1 N–H and O–H groups in total. The zero-order chi connectivity index (χ0) is 8.81. The minimum Gasteiger partial charge on any atom is -0.199 e. The van der Waals surface area contributed by atoms with Crippen molar-refractivity contribution < 1.29 is 9.63 Å². The molecule has 0 unspecified atom stereocenters. The molecule has 0 atom stereocenters. The summed E-state index contributed by atoms with van der Waals surface area (Å²) in [5, 5.41) is 0. The number of hydrogen-bond donors (Lipinski definition) is 1. The summed E-state index contributed by atoms with van der Waals surface area (Å²) in [6.07, 6.45) is 0. The molecule has 12 heavy (non-hydrogen) atoms. The summed E-state index contributed by atoms with van der Waals surface area (Å²) in [7, 11) is 0. The van der Waals surface area contributed by atoms with E-state index in [-0.39, 0.29) is 5.97 Å². The minimum absolute atomic E-state index is 0.328. The molecule has 0 aliphatic carbocycles. The van der Waals surface area contributed by atoms with Crippen molar-refractivity contribution in [2.45, 2.75) is 13.5 Å². The smallest absolute Gasteiger partial charge is 0.199 e. The van der Waals surface area contributed by atoms with Gasteiger partial charge in [-0.1, -0.05) is 30.3 Å². The van der Waals surface area contributed by atoms with Gasteiger partial charge in [0, 0.05) is 0 Å². The molecular weight excluding hydrogens is 154 g/mol. The Kier molecular flexibility index (Phi) is 3.29. The molecule has 0 aromatic heterocycles. The fourth-order valence-corrected chi connectivity index (χ4v) is 0.817. The first-order chi connectivity index (χ1) is 5.79. The Balaban J connectivity index is 2.29. The summed E-state index contributed by atoms with van der Waals surface area (Å²) in [4.78, 5) is 14.9. The Bertz CT molecular complexity index is 246. The van der Waals surface area contributed by atoms with E-state index in [4.69, 9.17) is 0 Å². The van der Waals surface area contributed by atoms with Crippen LogP contribution in [0.25, 0.3) is 0 Å². The van der Waals surface area contributed by atoms with E-state index < -0.39 is 0 Å². The normalized spacial score (nSPS) is 9.42. The van der Waals surface area contributed by atoms with Crippen molar-refractivity contribution in [1.82, 2.24) is 5.48 Å². The van der Waals surface area contributed by atoms with Gasteiger partial charge in [0.25, 0.3) is 0 Å². The summed E-state index contributed by atoms with van der Waals surface area (Å²) >= 11 is 0. The molecule has 63 valence electrons. The van der Waals surface area contributed by atoms with Gasteiger partial charge in [-0.3, -0.25) is 0 Å². The number of carbonyl (C=O) groups is 1. The number of carbonyl (C=O) groups excluding carboxylic acids is 1. The Hall–Kier alpha value is -1.35. The fraction of sp³-hybridized carbons (Fsp3) is 0.222. The summed E-state index contributed by atoms with van der Waals surface area (Å²) < 4.78 is 0. The molecule has 0 bridgehead atoms. The average Bonchev–Trinajstić information content (AvgIpc) is 2.05. The van der Waals surface area contributed by atoms with Gasteiger partial charge in [-0.15, -0.1) is 0 Å². The second kappa shape index (κ2) is 4.51. The van der Waals surface area contributed by atoms with Gasteiger partial charge >= 0.3 is 5.97 Å². The van der Waals surface area contributed by atoms with Gasteiger partial charge in [0.05, 0.1) is 11.3 Å². The highest BCUT2D eigenvalue weighted by Gasteiger charge is 2.05. The molecule has 0 saturated carbocycles. The lowest BCUT2D eigenvalue weighted by Gasteiger charge is -1.95. The Morgan fingerprint density at radius 3 is 2.67 bits per heavy atom. The molecule has 0 aliphatic rings. The lowest BCUT2D eigenvalue weighted by molar-refractivity contribution is -0.148. The first-order valence-corrected chi connectivity index (χ1v) is 3.73. The minimum atomic E-state index is -0.328. The number of rotatable bonds is 3. The summed E-state index contributed by atoms with van der Waals surface area (Å²) in [5.74, 6) is -0.328. The first kappa shape index (κ1) is 8.74. The van der Waals surface area contributed by atoms with Crippen LogP contribution in [0.4, 0.5) is 0 Å². The zero-order valence-electron chi connectivity index (χ0n) is 6.91. The number of hydrogen-bond acceptors (Lipinski definition) is 3. The van der Waals surface area contributed by atoms with E-state index in [1.807, 2.05) is 30.3 Å². The van der Waals surface area contributed by atoms with E-state index in [1.165, 1.54) is 6.92 Å². The first-order valence-electron chi connectivity index (χ1n) is 3.73. The van der Waals surface area contributed by atoms with Crippen LogP contribution in [0.2, 0.25) is 0 Å². The van der Waals surface area contributed by atoms with Crippen molar-refractivity contribution in [3.8, 4) is 0 Å². The van der Waals surface area contributed by atoms with E-state index in [1.54, 1.807) is 0 Å². The van der Waals surface area contributed by atoms with Gasteiger partial charge in [-0.25, -0.2) is 0 Å². The van der Waals surface area contributed by atoms with Crippen LogP contribution in [0.5, 0.6) is 0 Å². The maximum Gasteiger partial charge on any atom is 0.594 e. The SMILES string of the molecule is CC(=[O+])ONCc1ccccc1. The van der Waals surface area contributed by atoms with Gasteiger partial charge < -0.3 is 0 Å². The van der Waals surface area contributed by atoms with E-state index in [2.05, 4.69) is 10.3 Å². The molecule has 0 aliphatic heterocycles. The lowest BCUT2D eigenvalue weighted by Crippen LogP contribution is -2.17. The van der Waals surface area contributed by atoms with Crippen molar-refractivity contribution in [1.29, 1.82) is 0 Å².